The first-order valence-corrected chi connectivity index (χ1v) is 13.0. The van der Waals surface area contributed by atoms with E-state index in [1.54, 1.807) is 0 Å². The molecule has 0 N–H and O–H groups in total. The van der Waals surface area contributed by atoms with Crippen molar-refractivity contribution >= 4 is 27.9 Å². The highest BCUT2D eigenvalue weighted by atomic mass is 79.9. The monoisotopic (exact) mass is 553 g/mol. The van der Waals surface area contributed by atoms with Crippen molar-refractivity contribution in [2.75, 3.05) is 6.61 Å². The number of ether oxygens (including phenoxy) is 2. The molecule has 1 atom stereocenters. The van der Waals surface area contributed by atoms with E-state index in [-0.39, 0.29) is 5.92 Å². The van der Waals surface area contributed by atoms with Crippen molar-refractivity contribution in [2.24, 2.45) is 5.92 Å². The van der Waals surface area contributed by atoms with Gasteiger partial charge in [0.2, 0.25) is 5.65 Å². The zero-order valence-electron chi connectivity index (χ0n) is 21.7. The summed E-state index contributed by atoms with van der Waals surface area (Å²) in [5.41, 5.74) is 1.85. The van der Waals surface area contributed by atoms with Crippen molar-refractivity contribution in [3.8, 4) is 11.5 Å². The van der Waals surface area contributed by atoms with Gasteiger partial charge in [-0.2, -0.15) is 0 Å². The van der Waals surface area contributed by atoms with Gasteiger partial charge in [-0.25, -0.2) is 0 Å². The highest BCUT2D eigenvalue weighted by Gasteiger charge is 2.20. The van der Waals surface area contributed by atoms with Gasteiger partial charge in [0.25, 0.3) is 0 Å². The summed E-state index contributed by atoms with van der Waals surface area (Å²) >= 11 is 3.58. The lowest BCUT2D eigenvalue weighted by molar-refractivity contribution is -0.106. The standard InChI is InChI=1S/C23H22BrN3O2.C4H10.C2H4O/c1-2-18(16-28-15-17-9-5-3-6-10-17)22-25-26-23-21(13-19(24)14-27(22)23)29-20-11-7-4-8-12-20;1-4(2)3;1-2-3/h3-14,18H,2,15-16H2,1H3;4H,1-3H3;2H,1H3. The Morgan fingerprint density at radius 1 is 1.00 bits per heavy atom. The molecule has 4 aromatic rings. The molecule has 0 saturated carbocycles. The molecule has 0 amide bonds. The predicted octanol–water partition coefficient (Wildman–Crippen LogP) is 7.86. The van der Waals surface area contributed by atoms with E-state index in [1.807, 2.05) is 65.2 Å². The Kier molecular flexibility index (Phi) is 12.9. The number of rotatable bonds is 8. The summed E-state index contributed by atoms with van der Waals surface area (Å²) in [5, 5.41) is 8.87. The molecule has 7 heteroatoms. The summed E-state index contributed by atoms with van der Waals surface area (Å²) in [6, 6.07) is 21.8. The van der Waals surface area contributed by atoms with Crippen LogP contribution in [-0.4, -0.2) is 27.5 Å². The highest BCUT2D eigenvalue weighted by Crippen LogP contribution is 2.31. The topological polar surface area (TPSA) is 65.7 Å². The molecule has 0 bridgehead atoms. The van der Waals surface area contributed by atoms with Gasteiger partial charge in [-0.15, -0.1) is 10.2 Å². The van der Waals surface area contributed by atoms with Crippen LogP contribution in [-0.2, 0) is 16.1 Å². The summed E-state index contributed by atoms with van der Waals surface area (Å²) in [6.07, 6.45) is 3.62. The zero-order valence-corrected chi connectivity index (χ0v) is 23.3. The van der Waals surface area contributed by atoms with E-state index in [9.17, 15) is 0 Å². The number of aromatic nitrogens is 3. The lowest BCUT2D eigenvalue weighted by Crippen LogP contribution is -2.11. The van der Waals surface area contributed by atoms with Crippen molar-refractivity contribution in [1.82, 2.24) is 14.6 Å². The van der Waals surface area contributed by atoms with Crippen LogP contribution < -0.4 is 4.74 Å². The third-order valence-electron chi connectivity index (χ3n) is 4.72. The summed E-state index contributed by atoms with van der Waals surface area (Å²) in [4.78, 5) is 8.81. The van der Waals surface area contributed by atoms with Gasteiger partial charge in [-0.05, 0) is 52.9 Å². The molecule has 0 aliphatic carbocycles. The van der Waals surface area contributed by atoms with Crippen LogP contribution in [0.1, 0.15) is 58.3 Å². The van der Waals surface area contributed by atoms with E-state index in [0.717, 1.165) is 40.2 Å². The predicted molar refractivity (Wildman–Crippen MR) is 149 cm³/mol. The molecule has 36 heavy (non-hydrogen) atoms. The third kappa shape index (κ3) is 9.55. The maximum Gasteiger partial charge on any atom is 0.204 e. The smallest absolute Gasteiger partial charge is 0.204 e. The number of halogens is 1. The Morgan fingerprint density at radius 2 is 1.58 bits per heavy atom. The number of carbonyl (C=O) groups excluding carboxylic acids is 1. The van der Waals surface area contributed by atoms with E-state index in [1.165, 1.54) is 6.92 Å². The Balaban J connectivity index is 0.000000583. The number of hydrogen-bond donors (Lipinski definition) is 0. The largest absolute Gasteiger partial charge is 0.453 e. The van der Waals surface area contributed by atoms with Crippen molar-refractivity contribution < 1.29 is 14.3 Å². The number of aldehydes is 1. The minimum atomic E-state index is 0.132. The molecule has 0 aliphatic rings. The van der Waals surface area contributed by atoms with Gasteiger partial charge >= 0.3 is 0 Å². The maximum atomic E-state index is 8.81. The second-order valence-corrected chi connectivity index (χ2v) is 9.68. The van der Waals surface area contributed by atoms with Gasteiger partial charge in [0, 0.05) is 22.7 Å². The lowest BCUT2D eigenvalue weighted by atomic mass is 10.1. The van der Waals surface area contributed by atoms with Crippen LogP contribution in [0.3, 0.4) is 0 Å². The fraction of sp³-hybridized carbons (Fsp3) is 0.345. The first-order chi connectivity index (χ1) is 17.4. The molecule has 0 radical (unpaired) electrons. The molecule has 0 aliphatic heterocycles. The number of para-hydroxylation sites is 1. The van der Waals surface area contributed by atoms with Crippen LogP contribution in [0.4, 0.5) is 0 Å². The molecular formula is C29H36BrN3O3. The van der Waals surface area contributed by atoms with E-state index in [4.69, 9.17) is 14.3 Å². The molecule has 2 heterocycles. The molecule has 192 valence electrons. The molecule has 0 spiro atoms. The zero-order chi connectivity index (χ0) is 26.3. The number of nitrogens with zero attached hydrogens (tertiary/aromatic N) is 3. The van der Waals surface area contributed by atoms with Gasteiger partial charge in [-0.3, -0.25) is 4.40 Å². The maximum absolute atomic E-state index is 8.81. The SMILES string of the molecule is CC(C)C.CC=O.CCC(COCc1ccccc1)c1nnc2c(Oc3ccccc3)cc(Br)cn12. The van der Waals surface area contributed by atoms with E-state index < -0.39 is 0 Å². The molecule has 4 rings (SSSR count). The Hall–Kier alpha value is -3.03. The average molecular weight is 555 g/mol. The van der Waals surface area contributed by atoms with Crippen LogP contribution >= 0.6 is 15.9 Å². The number of benzene rings is 2. The summed E-state index contributed by atoms with van der Waals surface area (Å²) in [5.74, 6) is 3.25. The Labute approximate surface area is 222 Å². The first-order valence-electron chi connectivity index (χ1n) is 12.2. The third-order valence-corrected chi connectivity index (χ3v) is 5.16. The van der Waals surface area contributed by atoms with Crippen molar-refractivity contribution in [3.05, 3.63) is 88.8 Å². The van der Waals surface area contributed by atoms with Gasteiger partial charge in [0.05, 0.1) is 13.2 Å². The van der Waals surface area contributed by atoms with Gasteiger partial charge in [0.1, 0.15) is 17.9 Å². The van der Waals surface area contributed by atoms with Crippen molar-refractivity contribution in [2.45, 2.75) is 53.6 Å². The number of fused-ring (bicyclic) bond motifs is 1. The average Bonchev–Trinajstić information content (AvgIpc) is 3.27. The lowest BCUT2D eigenvalue weighted by Gasteiger charge is -2.14. The molecule has 0 fully saturated rings. The summed E-state index contributed by atoms with van der Waals surface area (Å²) in [6.45, 7) is 11.2. The minimum absolute atomic E-state index is 0.132. The fourth-order valence-corrected chi connectivity index (χ4v) is 3.60. The van der Waals surface area contributed by atoms with Crippen molar-refractivity contribution in [1.29, 1.82) is 0 Å². The second-order valence-electron chi connectivity index (χ2n) is 8.76. The number of hydrogen-bond acceptors (Lipinski definition) is 5. The summed E-state index contributed by atoms with van der Waals surface area (Å²) < 4.78 is 14.9. The minimum Gasteiger partial charge on any atom is -0.453 e. The van der Waals surface area contributed by atoms with Crippen LogP contribution in [0.25, 0.3) is 5.65 Å². The Bertz CT molecular complexity index is 1160. The normalized spacial score (nSPS) is 11.2. The molecule has 2 aromatic carbocycles. The van der Waals surface area contributed by atoms with E-state index in [2.05, 4.69) is 66.0 Å². The Morgan fingerprint density at radius 3 is 2.17 bits per heavy atom. The van der Waals surface area contributed by atoms with Crippen LogP contribution in [0, 0.1) is 5.92 Å². The van der Waals surface area contributed by atoms with E-state index >= 15 is 0 Å². The highest BCUT2D eigenvalue weighted by molar-refractivity contribution is 9.10. The van der Waals surface area contributed by atoms with Gasteiger partial charge in [-0.1, -0.05) is 76.2 Å². The van der Waals surface area contributed by atoms with Crippen LogP contribution in [0.15, 0.2) is 77.4 Å². The van der Waals surface area contributed by atoms with Gasteiger partial charge in [0.15, 0.2) is 5.75 Å². The summed E-state index contributed by atoms with van der Waals surface area (Å²) in [7, 11) is 0. The molecule has 6 nitrogen and oxygen atoms in total. The van der Waals surface area contributed by atoms with Crippen LogP contribution in [0.2, 0.25) is 0 Å². The van der Waals surface area contributed by atoms with Gasteiger partial charge < -0.3 is 14.3 Å². The van der Waals surface area contributed by atoms with Crippen molar-refractivity contribution in [3.63, 3.8) is 0 Å². The number of carbonyl (C=O) groups is 1. The molecule has 0 saturated heterocycles. The molecule has 2 aromatic heterocycles. The quantitative estimate of drug-likeness (QED) is 0.208. The first kappa shape index (κ1) is 29.2. The van der Waals surface area contributed by atoms with Crippen LogP contribution in [0.5, 0.6) is 11.5 Å². The second kappa shape index (κ2) is 15.9. The van der Waals surface area contributed by atoms with E-state index in [0.29, 0.717) is 24.6 Å². The fourth-order valence-electron chi connectivity index (χ4n) is 3.19. The number of pyridine rings is 1. The molecular weight excluding hydrogens is 518 g/mol. The molecule has 1 unspecified atom stereocenters.